The van der Waals surface area contributed by atoms with Gasteiger partial charge >= 0.3 is 0 Å². The van der Waals surface area contributed by atoms with Gasteiger partial charge in [-0.1, -0.05) is 11.6 Å². The van der Waals surface area contributed by atoms with Gasteiger partial charge in [-0.2, -0.15) is 4.31 Å². The Morgan fingerprint density at radius 1 is 1.31 bits per heavy atom. The van der Waals surface area contributed by atoms with Gasteiger partial charge in [0.1, 0.15) is 0 Å². The maximum Gasteiger partial charge on any atom is 0.252 e. The molecule has 2 aliphatic rings. The number of benzene rings is 1. The lowest BCUT2D eigenvalue weighted by molar-refractivity contribution is 0.0857. The summed E-state index contributed by atoms with van der Waals surface area (Å²) in [5.41, 5.74) is 0.167. The molecule has 2 heterocycles. The first-order valence-corrected chi connectivity index (χ1v) is 10.6. The molecular weight excluding hydrogens is 378 g/mol. The lowest BCUT2D eigenvalue weighted by atomic mass is 10.2. The molecule has 0 saturated carbocycles. The zero-order chi connectivity index (χ0) is 18.7. The molecule has 1 atom stereocenters. The van der Waals surface area contributed by atoms with Gasteiger partial charge in [0, 0.05) is 39.3 Å². The molecule has 2 saturated heterocycles. The molecule has 0 aliphatic carbocycles. The summed E-state index contributed by atoms with van der Waals surface area (Å²) in [6, 6.07) is 4.28. The van der Waals surface area contributed by atoms with Crippen molar-refractivity contribution in [3.63, 3.8) is 0 Å². The number of hydrogen-bond acceptors (Lipinski definition) is 5. The van der Waals surface area contributed by atoms with Crippen molar-refractivity contribution >= 4 is 27.5 Å². The predicted molar refractivity (Wildman–Crippen MR) is 99.0 cm³/mol. The highest BCUT2D eigenvalue weighted by atomic mass is 35.5. The Bertz CT molecular complexity index is 757. The third kappa shape index (κ3) is 4.37. The number of ether oxygens (including phenoxy) is 1. The molecule has 0 spiro atoms. The van der Waals surface area contributed by atoms with E-state index in [4.69, 9.17) is 16.3 Å². The van der Waals surface area contributed by atoms with E-state index in [2.05, 4.69) is 10.2 Å². The topological polar surface area (TPSA) is 79.0 Å². The van der Waals surface area contributed by atoms with Crippen molar-refractivity contribution in [3.8, 4) is 0 Å². The average Bonchev–Trinajstić information content (AvgIpc) is 3.14. The smallest absolute Gasteiger partial charge is 0.252 e. The van der Waals surface area contributed by atoms with Crippen LogP contribution < -0.4 is 5.32 Å². The fraction of sp³-hybridized carbons (Fsp3) is 0.588. The van der Waals surface area contributed by atoms with E-state index in [1.165, 1.54) is 22.5 Å². The van der Waals surface area contributed by atoms with Crippen LogP contribution in [0.15, 0.2) is 23.1 Å². The van der Waals surface area contributed by atoms with E-state index in [0.717, 1.165) is 12.8 Å². The Balaban J connectivity index is 1.74. The number of rotatable bonds is 5. The van der Waals surface area contributed by atoms with Crippen LogP contribution >= 0.6 is 11.6 Å². The van der Waals surface area contributed by atoms with E-state index < -0.39 is 10.0 Å². The third-order valence-electron chi connectivity index (χ3n) is 4.80. The van der Waals surface area contributed by atoms with Crippen LogP contribution in [-0.2, 0) is 14.8 Å². The van der Waals surface area contributed by atoms with Gasteiger partial charge in [-0.05, 0) is 38.1 Å². The summed E-state index contributed by atoms with van der Waals surface area (Å²) in [5.74, 6) is -0.388. The van der Waals surface area contributed by atoms with Crippen molar-refractivity contribution in [2.45, 2.75) is 23.8 Å². The second-order valence-electron chi connectivity index (χ2n) is 6.69. The zero-order valence-corrected chi connectivity index (χ0v) is 16.4. The molecular formula is C17H24ClN3O4S. The molecule has 2 aliphatic heterocycles. The van der Waals surface area contributed by atoms with E-state index in [1.54, 1.807) is 0 Å². The van der Waals surface area contributed by atoms with Crippen molar-refractivity contribution in [2.75, 3.05) is 46.4 Å². The highest BCUT2D eigenvalue weighted by Gasteiger charge is 2.28. The summed E-state index contributed by atoms with van der Waals surface area (Å²) in [6.07, 6.45) is 1.90. The maximum atomic E-state index is 12.9. The quantitative estimate of drug-likeness (QED) is 0.801. The largest absolute Gasteiger partial charge is 0.376 e. The molecule has 1 amide bonds. The van der Waals surface area contributed by atoms with Crippen molar-refractivity contribution in [1.29, 1.82) is 0 Å². The van der Waals surface area contributed by atoms with Crippen LogP contribution in [0.4, 0.5) is 0 Å². The van der Waals surface area contributed by atoms with Gasteiger partial charge in [0.2, 0.25) is 10.0 Å². The number of amides is 1. The standard InChI is InChI=1S/C17H24ClN3O4S/c1-20-6-8-21(9-7-20)26(23,24)14-4-5-16(18)15(11-14)17(22)19-12-13-3-2-10-25-13/h4-5,11,13H,2-3,6-10,12H2,1H3,(H,19,22)/t13-/m1/s1. The number of nitrogens with one attached hydrogen (secondary N) is 1. The minimum Gasteiger partial charge on any atom is -0.376 e. The van der Waals surface area contributed by atoms with Crippen molar-refractivity contribution in [2.24, 2.45) is 0 Å². The van der Waals surface area contributed by atoms with Gasteiger partial charge in [0.15, 0.2) is 0 Å². The molecule has 0 radical (unpaired) electrons. The van der Waals surface area contributed by atoms with Gasteiger partial charge in [-0.3, -0.25) is 4.79 Å². The Hall–Kier alpha value is -1.19. The number of hydrogen-bond donors (Lipinski definition) is 1. The van der Waals surface area contributed by atoms with Crippen molar-refractivity contribution in [1.82, 2.24) is 14.5 Å². The average molecular weight is 402 g/mol. The predicted octanol–water partition coefficient (Wildman–Crippen LogP) is 1.18. The molecule has 144 valence electrons. The minimum atomic E-state index is -3.65. The Morgan fingerprint density at radius 3 is 2.69 bits per heavy atom. The van der Waals surface area contributed by atoms with E-state index in [9.17, 15) is 13.2 Å². The number of likely N-dealkylation sites (N-methyl/N-ethyl adjacent to an activating group) is 1. The SMILES string of the molecule is CN1CCN(S(=O)(=O)c2ccc(Cl)c(C(=O)NC[C@H]3CCCO3)c2)CC1. The summed E-state index contributed by atoms with van der Waals surface area (Å²) in [5, 5.41) is 3.01. The molecule has 26 heavy (non-hydrogen) atoms. The lowest BCUT2D eigenvalue weighted by Crippen LogP contribution is -2.47. The fourth-order valence-electron chi connectivity index (χ4n) is 3.12. The highest BCUT2D eigenvalue weighted by Crippen LogP contribution is 2.24. The summed E-state index contributed by atoms with van der Waals surface area (Å²) in [4.78, 5) is 14.6. The van der Waals surface area contributed by atoms with Gasteiger partial charge < -0.3 is 15.0 Å². The molecule has 9 heteroatoms. The molecule has 1 aromatic rings. The van der Waals surface area contributed by atoms with Crippen LogP contribution in [0, 0.1) is 0 Å². The second-order valence-corrected chi connectivity index (χ2v) is 9.04. The summed E-state index contributed by atoms with van der Waals surface area (Å²) >= 11 is 6.13. The number of piperazine rings is 1. The lowest BCUT2D eigenvalue weighted by Gasteiger charge is -2.31. The van der Waals surface area contributed by atoms with Gasteiger partial charge in [0.05, 0.1) is 21.6 Å². The van der Waals surface area contributed by atoms with Crippen molar-refractivity contribution < 1.29 is 17.9 Å². The monoisotopic (exact) mass is 401 g/mol. The third-order valence-corrected chi connectivity index (χ3v) is 7.02. The summed E-state index contributed by atoms with van der Waals surface area (Å²) in [6.45, 7) is 3.33. The van der Waals surface area contributed by atoms with E-state index in [1.807, 2.05) is 7.05 Å². The van der Waals surface area contributed by atoms with E-state index >= 15 is 0 Å². The second kappa shape index (κ2) is 8.22. The van der Waals surface area contributed by atoms with Crippen LogP contribution in [0.3, 0.4) is 0 Å². The molecule has 1 aromatic carbocycles. The normalized spacial score (nSPS) is 22.5. The summed E-state index contributed by atoms with van der Waals surface area (Å²) in [7, 11) is -1.68. The Labute approximate surface area is 159 Å². The fourth-order valence-corrected chi connectivity index (χ4v) is 4.78. The highest BCUT2D eigenvalue weighted by molar-refractivity contribution is 7.89. The number of sulfonamides is 1. The van der Waals surface area contributed by atoms with Crippen LogP contribution in [0.5, 0.6) is 0 Å². The Morgan fingerprint density at radius 2 is 2.04 bits per heavy atom. The van der Waals surface area contributed by atoms with Crippen LogP contribution in [0.1, 0.15) is 23.2 Å². The van der Waals surface area contributed by atoms with E-state index in [0.29, 0.717) is 39.3 Å². The zero-order valence-electron chi connectivity index (χ0n) is 14.8. The van der Waals surface area contributed by atoms with Crippen molar-refractivity contribution in [3.05, 3.63) is 28.8 Å². The number of halogens is 1. The minimum absolute atomic E-state index is 0.00924. The van der Waals surface area contributed by atoms with Gasteiger partial charge in [-0.25, -0.2) is 8.42 Å². The first-order valence-electron chi connectivity index (χ1n) is 8.76. The van der Waals surface area contributed by atoms with Gasteiger partial charge in [-0.15, -0.1) is 0 Å². The van der Waals surface area contributed by atoms with Crippen LogP contribution in [0.25, 0.3) is 0 Å². The van der Waals surface area contributed by atoms with Gasteiger partial charge in [0.25, 0.3) is 5.91 Å². The van der Waals surface area contributed by atoms with Crippen LogP contribution in [0.2, 0.25) is 5.02 Å². The molecule has 3 rings (SSSR count). The van der Waals surface area contributed by atoms with E-state index in [-0.39, 0.29) is 27.5 Å². The van der Waals surface area contributed by atoms with Crippen LogP contribution in [-0.4, -0.2) is 76.0 Å². The first-order chi connectivity index (χ1) is 12.4. The summed E-state index contributed by atoms with van der Waals surface area (Å²) < 4.78 is 32.6. The number of carbonyl (C=O) groups is 1. The molecule has 0 aromatic heterocycles. The number of carbonyl (C=O) groups excluding carboxylic acids is 1. The molecule has 2 fully saturated rings. The Kier molecular flexibility index (Phi) is 6.19. The maximum absolute atomic E-state index is 12.9. The molecule has 0 bridgehead atoms. The molecule has 7 nitrogen and oxygen atoms in total. The first kappa shape index (κ1) is 19.6. The molecule has 1 N–H and O–H groups in total. The number of nitrogens with zero attached hydrogens (tertiary/aromatic N) is 2. The molecule has 0 unspecified atom stereocenters.